The van der Waals surface area contributed by atoms with Crippen LogP contribution in [0.25, 0.3) is 0 Å². The highest BCUT2D eigenvalue weighted by Crippen LogP contribution is 2.58. The zero-order chi connectivity index (χ0) is 9.23. The third-order valence-electron chi connectivity index (χ3n) is 4.64. The zero-order valence-electron chi connectivity index (χ0n) is 8.37. The highest BCUT2D eigenvalue weighted by atomic mass is 16.5. The molecule has 76 valence electrons. The molecule has 14 heavy (non-hydrogen) atoms. The molecule has 2 saturated heterocycles. The van der Waals surface area contributed by atoms with Gasteiger partial charge in [-0.3, -0.25) is 0 Å². The van der Waals surface area contributed by atoms with Crippen molar-refractivity contribution in [2.75, 3.05) is 6.61 Å². The standard InChI is InChI=1S/C12H16O2/c1-4-12(5-1)7-11(8-13-12)6-9-2-3-10(11)14-9/h2-3,9-10H,1,4-8H2. The van der Waals surface area contributed by atoms with Crippen LogP contribution in [0.2, 0.25) is 0 Å². The Hall–Kier alpha value is -0.340. The quantitative estimate of drug-likeness (QED) is 0.547. The molecule has 3 aliphatic heterocycles. The van der Waals surface area contributed by atoms with Crippen molar-refractivity contribution >= 4 is 0 Å². The van der Waals surface area contributed by atoms with Crippen molar-refractivity contribution in [3.63, 3.8) is 0 Å². The summed E-state index contributed by atoms with van der Waals surface area (Å²) < 4.78 is 11.9. The van der Waals surface area contributed by atoms with Gasteiger partial charge in [-0.15, -0.1) is 0 Å². The fourth-order valence-electron chi connectivity index (χ4n) is 3.73. The molecule has 1 saturated carbocycles. The maximum atomic E-state index is 6.05. The van der Waals surface area contributed by atoms with Crippen LogP contribution in [-0.4, -0.2) is 24.4 Å². The fraction of sp³-hybridized carbons (Fsp3) is 0.833. The molecule has 0 aromatic rings. The SMILES string of the molecule is C1=CC2OC1CC21COC2(CCC2)C1. The molecule has 3 fully saturated rings. The molecule has 2 bridgehead atoms. The van der Waals surface area contributed by atoms with Gasteiger partial charge in [0, 0.05) is 5.41 Å². The highest BCUT2D eigenvalue weighted by Gasteiger charge is 2.60. The lowest BCUT2D eigenvalue weighted by molar-refractivity contribution is -0.0573. The summed E-state index contributed by atoms with van der Waals surface area (Å²) in [6, 6.07) is 0. The lowest BCUT2D eigenvalue weighted by Gasteiger charge is -2.38. The second-order valence-electron chi connectivity index (χ2n) is 5.55. The van der Waals surface area contributed by atoms with E-state index in [9.17, 15) is 0 Å². The minimum absolute atomic E-state index is 0.279. The Bertz CT molecular complexity index is 305. The summed E-state index contributed by atoms with van der Waals surface area (Å²) in [5.41, 5.74) is 0.640. The van der Waals surface area contributed by atoms with Crippen LogP contribution in [0, 0.1) is 5.41 Å². The first-order valence-electron chi connectivity index (χ1n) is 5.78. The third kappa shape index (κ3) is 0.801. The number of fused-ring (bicyclic) bond motifs is 3. The molecule has 2 spiro atoms. The largest absolute Gasteiger partial charge is 0.374 e. The summed E-state index contributed by atoms with van der Waals surface area (Å²) >= 11 is 0. The average molecular weight is 192 g/mol. The van der Waals surface area contributed by atoms with Crippen molar-refractivity contribution in [3.8, 4) is 0 Å². The van der Waals surface area contributed by atoms with Crippen LogP contribution in [-0.2, 0) is 9.47 Å². The Balaban J connectivity index is 1.65. The van der Waals surface area contributed by atoms with Crippen LogP contribution in [0.3, 0.4) is 0 Å². The summed E-state index contributed by atoms with van der Waals surface area (Å²) in [6.07, 6.45) is 11.6. The van der Waals surface area contributed by atoms with Gasteiger partial charge in [-0.1, -0.05) is 12.2 Å². The maximum absolute atomic E-state index is 6.05. The second-order valence-corrected chi connectivity index (χ2v) is 5.55. The molecule has 3 atom stereocenters. The molecular formula is C12H16O2. The Kier molecular flexibility index (Phi) is 1.27. The van der Waals surface area contributed by atoms with Crippen LogP contribution in [0.1, 0.15) is 32.1 Å². The lowest BCUT2D eigenvalue weighted by atomic mass is 9.67. The van der Waals surface area contributed by atoms with Gasteiger partial charge in [0.05, 0.1) is 24.4 Å². The van der Waals surface area contributed by atoms with Crippen LogP contribution in [0.4, 0.5) is 0 Å². The van der Waals surface area contributed by atoms with Gasteiger partial charge in [-0.25, -0.2) is 0 Å². The van der Waals surface area contributed by atoms with E-state index in [4.69, 9.17) is 9.47 Å². The van der Waals surface area contributed by atoms with E-state index < -0.39 is 0 Å². The van der Waals surface area contributed by atoms with Crippen LogP contribution in [0.5, 0.6) is 0 Å². The maximum Gasteiger partial charge on any atom is 0.0845 e. The zero-order valence-corrected chi connectivity index (χ0v) is 8.37. The Labute approximate surface area is 84.3 Å². The van der Waals surface area contributed by atoms with Crippen LogP contribution >= 0.6 is 0 Å². The van der Waals surface area contributed by atoms with Crippen molar-refractivity contribution in [2.45, 2.75) is 49.9 Å². The van der Waals surface area contributed by atoms with Crippen LogP contribution in [0.15, 0.2) is 12.2 Å². The lowest BCUT2D eigenvalue weighted by Crippen LogP contribution is -2.38. The third-order valence-corrected chi connectivity index (χ3v) is 4.64. The Morgan fingerprint density at radius 1 is 1.21 bits per heavy atom. The molecule has 1 aliphatic carbocycles. The van der Waals surface area contributed by atoms with E-state index in [-0.39, 0.29) is 5.60 Å². The molecule has 0 radical (unpaired) electrons. The van der Waals surface area contributed by atoms with E-state index in [1.807, 2.05) is 0 Å². The van der Waals surface area contributed by atoms with Gasteiger partial charge < -0.3 is 9.47 Å². The van der Waals surface area contributed by atoms with E-state index >= 15 is 0 Å². The van der Waals surface area contributed by atoms with E-state index in [1.54, 1.807) is 0 Å². The molecule has 0 N–H and O–H groups in total. The second kappa shape index (κ2) is 2.25. The topological polar surface area (TPSA) is 18.5 Å². The van der Waals surface area contributed by atoms with Crippen LogP contribution < -0.4 is 0 Å². The molecular weight excluding hydrogens is 176 g/mol. The van der Waals surface area contributed by atoms with Gasteiger partial charge in [0.25, 0.3) is 0 Å². The molecule has 4 rings (SSSR count). The summed E-state index contributed by atoms with van der Waals surface area (Å²) in [6.45, 7) is 0.943. The summed E-state index contributed by atoms with van der Waals surface area (Å²) in [7, 11) is 0. The molecule has 4 aliphatic rings. The monoisotopic (exact) mass is 192 g/mol. The average Bonchev–Trinajstić information content (AvgIpc) is 2.76. The molecule has 2 heteroatoms. The molecule has 0 amide bonds. The minimum atomic E-state index is 0.279. The van der Waals surface area contributed by atoms with E-state index in [1.165, 1.54) is 32.1 Å². The number of hydrogen-bond donors (Lipinski definition) is 0. The van der Waals surface area contributed by atoms with Gasteiger partial charge in [0.2, 0.25) is 0 Å². The van der Waals surface area contributed by atoms with Crippen molar-refractivity contribution in [1.29, 1.82) is 0 Å². The molecule has 0 aromatic heterocycles. The van der Waals surface area contributed by atoms with Gasteiger partial charge in [-0.2, -0.15) is 0 Å². The highest BCUT2D eigenvalue weighted by molar-refractivity contribution is 5.20. The molecule has 2 nitrogen and oxygen atoms in total. The van der Waals surface area contributed by atoms with Crippen molar-refractivity contribution in [3.05, 3.63) is 12.2 Å². The first-order valence-corrected chi connectivity index (χ1v) is 5.78. The predicted octanol–water partition coefficient (Wildman–Crippen LogP) is 2.04. The first kappa shape index (κ1) is 7.89. The van der Waals surface area contributed by atoms with E-state index in [0.29, 0.717) is 17.6 Å². The Morgan fingerprint density at radius 3 is 2.64 bits per heavy atom. The Morgan fingerprint density at radius 2 is 2.14 bits per heavy atom. The number of rotatable bonds is 0. The fourth-order valence-corrected chi connectivity index (χ4v) is 3.73. The van der Waals surface area contributed by atoms with Crippen molar-refractivity contribution in [2.24, 2.45) is 5.41 Å². The number of hydrogen-bond acceptors (Lipinski definition) is 2. The molecule has 3 unspecified atom stereocenters. The normalized spacial score (nSPS) is 52.0. The van der Waals surface area contributed by atoms with Gasteiger partial charge in [0.15, 0.2) is 0 Å². The predicted molar refractivity (Wildman–Crippen MR) is 52.0 cm³/mol. The van der Waals surface area contributed by atoms with Crippen molar-refractivity contribution in [1.82, 2.24) is 0 Å². The number of ether oxygens (including phenoxy) is 2. The van der Waals surface area contributed by atoms with Gasteiger partial charge in [-0.05, 0) is 32.1 Å². The van der Waals surface area contributed by atoms with E-state index in [2.05, 4.69) is 12.2 Å². The van der Waals surface area contributed by atoms with Crippen molar-refractivity contribution < 1.29 is 9.47 Å². The smallest absolute Gasteiger partial charge is 0.0845 e. The van der Waals surface area contributed by atoms with E-state index in [0.717, 1.165) is 6.61 Å². The molecule has 0 aromatic carbocycles. The van der Waals surface area contributed by atoms with Gasteiger partial charge in [0.1, 0.15) is 0 Å². The summed E-state index contributed by atoms with van der Waals surface area (Å²) in [5, 5.41) is 0. The summed E-state index contributed by atoms with van der Waals surface area (Å²) in [5.74, 6) is 0. The minimum Gasteiger partial charge on any atom is -0.374 e. The van der Waals surface area contributed by atoms with Gasteiger partial charge >= 0.3 is 0 Å². The molecule has 3 heterocycles. The summed E-state index contributed by atoms with van der Waals surface area (Å²) in [4.78, 5) is 0. The first-order chi connectivity index (χ1) is 6.80.